The smallest absolute Gasteiger partial charge is 0.322 e. The second-order valence-corrected chi connectivity index (χ2v) is 6.79. The van der Waals surface area contributed by atoms with E-state index >= 15 is 0 Å². The molecule has 1 aliphatic carbocycles. The summed E-state index contributed by atoms with van der Waals surface area (Å²) in [5, 5.41) is 3.01. The van der Waals surface area contributed by atoms with Gasteiger partial charge in [0, 0.05) is 19.7 Å². The molecule has 1 aromatic carbocycles. The molecule has 5 heteroatoms. The summed E-state index contributed by atoms with van der Waals surface area (Å²) in [5.74, 6) is 1.10. The highest BCUT2D eigenvalue weighted by Crippen LogP contribution is 2.25. The second-order valence-electron chi connectivity index (χ2n) is 6.79. The Balaban J connectivity index is 1.68. The van der Waals surface area contributed by atoms with Crippen molar-refractivity contribution in [2.24, 2.45) is 5.92 Å². The van der Waals surface area contributed by atoms with Crippen molar-refractivity contribution in [2.75, 3.05) is 32.1 Å². The molecule has 0 bridgehead atoms. The first-order chi connectivity index (χ1) is 12.3. The first-order valence-electron chi connectivity index (χ1n) is 9.23. The molecule has 1 aromatic rings. The van der Waals surface area contributed by atoms with E-state index in [1.807, 2.05) is 29.2 Å². The molecule has 2 amide bonds. The van der Waals surface area contributed by atoms with Gasteiger partial charge in [-0.25, -0.2) is 4.79 Å². The molecule has 2 atom stereocenters. The highest BCUT2D eigenvalue weighted by atomic mass is 16.5. The largest absolute Gasteiger partial charge is 0.495 e. The van der Waals surface area contributed by atoms with Crippen LogP contribution in [0.25, 0.3) is 0 Å². The molecular formula is C20H28N2O3. The number of hydrogen-bond donors (Lipinski definition) is 1. The van der Waals surface area contributed by atoms with Crippen molar-refractivity contribution < 1.29 is 14.3 Å². The Labute approximate surface area is 150 Å². The van der Waals surface area contributed by atoms with Gasteiger partial charge in [-0.15, -0.1) is 0 Å². The predicted molar refractivity (Wildman–Crippen MR) is 99.0 cm³/mol. The lowest BCUT2D eigenvalue weighted by molar-refractivity contribution is 0.0807. The van der Waals surface area contributed by atoms with Crippen LogP contribution in [0.2, 0.25) is 0 Å². The Morgan fingerprint density at radius 3 is 2.88 bits per heavy atom. The van der Waals surface area contributed by atoms with Gasteiger partial charge in [-0.1, -0.05) is 24.3 Å². The molecule has 1 N–H and O–H groups in total. The fraction of sp³-hybridized carbons (Fsp3) is 0.550. The van der Waals surface area contributed by atoms with Gasteiger partial charge in [-0.3, -0.25) is 0 Å². The number of nitrogens with zero attached hydrogens (tertiary/aromatic N) is 1. The van der Waals surface area contributed by atoms with Crippen LogP contribution in [-0.4, -0.2) is 43.8 Å². The van der Waals surface area contributed by atoms with Gasteiger partial charge in [0.1, 0.15) is 5.75 Å². The van der Waals surface area contributed by atoms with Crippen molar-refractivity contribution in [1.82, 2.24) is 4.90 Å². The van der Waals surface area contributed by atoms with Crippen LogP contribution in [0, 0.1) is 5.92 Å². The summed E-state index contributed by atoms with van der Waals surface area (Å²) in [6.45, 7) is 2.18. The Morgan fingerprint density at radius 2 is 2.16 bits per heavy atom. The first kappa shape index (κ1) is 17.8. The van der Waals surface area contributed by atoms with Gasteiger partial charge in [0.25, 0.3) is 0 Å². The van der Waals surface area contributed by atoms with Crippen molar-refractivity contribution in [1.29, 1.82) is 0 Å². The molecule has 0 unspecified atom stereocenters. The Kier molecular flexibility index (Phi) is 6.34. The second kappa shape index (κ2) is 8.90. The lowest BCUT2D eigenvalue weighted by Gasteiger charge is -2.29. The average molecular weight is 344 g/mol. The number of urea groups is 1. The maximum Gasteiger partial charge on any atom is 0.322 e. The Morgan fingerprint density at radius 1 is 1.28 bits per heavy atom. The number of carbonyl (C=O) groups excluding carboxylic acids is 1. The summed E-state index contributed by atoms with van der Waals surface area (Å²) < 4.78 is 11.1. The summed E-state index contributed by atoms with van der Waals surface area (Å²) in [6, 6.07) is 7.42. The van der Waals surface area contributed by atoms with E-state index in [-0.39, 0.29) is 12.1 Å². The molecule has 3 rings (SSSR count). The minimum atomic E-state index is -0.0843. The van der Waals surface area contributed by atoms with E-state index in [0.29, 0.717) is 23.9 Å². The maximum absolute atomic E-state index is 12.9. The third-order valence-corrected chi connectivity index (χ3v) is 4.89. The number of rotatable bonds is 6. The van der Waals surface area contributed by atoms with Crippen LogP contribution < -0.4 is 10.1 Å². The van der Waals surface area contributed by atoms with E-state index in [1.165, 1.54) is 6.42 Å². The molecule has 136 valence electrons. The minimum Gasteiger partial charge on any atom is -0.495 e. The molecule has 2 aliphatic rings. The number of nitrogens with one attached hydrogen (secondary N) is 1. The van der Waals surface area contributed by atoms with Crippen LogP contribution in [0.1, 0.15) is 32.1 Å². The van der Waals surface area contributed by atoms with E-state index in [1.54, 1.807) is 7.11 Å². The van der Waals surface area contributed by atoms with Gasteiger partial charge in [-0.05, 0) is 50.2 Å². The topological polar surface area (TPSA) is 50.8 Å². The van der Waals surface area contributed by atoms with Crippen LogP contribution in [0.3, 0.4) is 0 Å². The fourth-order valence-electron chi connectivity index (χ4n) is 3.53. The van der Waals surface area contributed by atoms with E-state index < -0.39 is 0 Å². The third kappa shape index (κ3) is 4.98. The normalized spacial score (nSPS) is 22.6. The van der Waals surface area contributed by atoms with Gasteiger partial charge in [0.15, 0.2) is 0 Å². The summed E-state index contributed by atoms with van der Waals surface area (Å²) in [5.41, 5.74) is 0.700. The number of methoxy groups -OCH3 is 1. The van der Waals surface area contributed by atoms with E-state index in [2.05, 4.69) is 17.5 Å². The molecule has 1 heterocycles. The zero-order valence-corrected chi connectivity index (χ0v) is 14.9. The number of allylic oxidation sites excluding steroid dienone is 1. The van der Waals surface area contributed by atoms with Crippen molar-refractivity contribution in [3.8, 4) is 5.75 Å². The molecule has 0 aromatic heterocycles. The monoisotopic (exact) mass is 344 g/mol. The predicted octanol–water partition coefficient (Wildman–Crippen LogP) is 4.06. The quantitative estimate of drug-likeness (QED) is 0.792. The van der Waals surface area contributed by atoms with Crippen molar-refractivity contribution in [3.05, 3.63) is 36.4 Å². The number of benzene rings is 1. The fourth-order valence-corrected chi connectivity index (χ4v) is 3.53. The third-order valence-electron chi connectivity index (χ3n) is 4.89. The molecule has 0 radical (unpaired) electrons. The summed E-state index contributed by atoms with van der Waals surface area (Å²) in [7, 11) is 1.61. The first-order valence-corrected chi connectivity index (χ1v) is 9.23. The van der Waals surface area contributed by atoms with Gasteiger partial charge in [0.2, 0.25) is 0 Å². The van der Waals surface area contributed by atoms with E-state index in [4.69, 9.17) is 9.47 Å². The Bertz CT molecular complexity index is 596. The van der Waals surface area contributed by atoms with Gasteiger partial charge in [0.05, 0.1) is 18.9 Å². The lowest BCUT2D eigenvalue weighted by atomic mass is 9.95. The number of anilines is 1. The maximum atomic E-state index is 12.9. The summed E-state index contributed by atoms with van der Waals surface area (Å²) in [6.07, 6.45) is 10.2. The van der Waals surface area contributed by atoms with Crippen LogP contribution in [-0.2, 0) is 4.74 Å². The van der Waals surface area contributed by atoms with Gasteiger partial charge < -0.3 is 19.7 Å². The van der Waals surface area contributed by atoms with Crippen molar-refractivity contribution in [2.45, 2.75) is 38.2 Å². The minimum absolute atomic E-state index is 0.0843. The number of amides is 2. The van der Waals surface area contributed by atoms with Crippen LogP contribution >= 0.6 is 0 Å². The highest BCUT2D eigenvalue weighted by molar-refractivity contribution is 5.91. The van der Waals surface area contributed by atoms with Gasteiger partial charge >= 0.3 is 6.03 Å². The standard InChI is InChI=1S/C20H28N2O3/c1-24-19-12-6-5-11-18(19)21-20(23)22(15-17-10-7-13-25-17)14-16-8-3-2-4-9-16/h3,5-6,8,11-12,16-17H,2,4,7,9-10,13-15H2,1H3,(H,21,23)/t16-,17+/m0/s1. The molecule has 0 spiro atoms. The number of carbonyl (C=O) groups is 1. The molecule has 25 heavy (non-hydrogen) atoms. The number of hydrogen-bond acceptors (Lipinski definition) is 3. The highest BCUT2D eigenvalue weighted by Gasteiger charge is 2.25. The van der Waals surface area contributed by atoms with E-state index in [9.17, 15) is 4.79 Å². The zero-order chi connectivity index (χ0) is 17.5. The molecule has 0 saturated carbocycles. The lowest BCUT2D eigenvalue weighted by Crippen LogP contribution is -2.42. The molecule has 5 nitrogen and oxygen atoms in total. The van der Waals surface area contributed by atoms with Crippen LogP contribution in [0.15, 0.2) is 36.4 Å². The zero-order valence-electron chi connectivity index (χ0n) is 14.9. The summed E-state index contributed by atoms with van der Waals surface area (Å²) >= 11 is 0. The number of ether oxygens (including phenoxy) is 2. The number of para-hydroxylation sites is 2. The van der Waals surface area contributed by atoms with Crippen LogP contribution in [0.5, 0.6) is 5.75 Å². The SMILES string of the molecule is COc1ccccc1NC(=O)N(C[C@H]1C=CCCC1)C[C@H]1CCCO1. The van der Waals surface area contributed by atoms with E-state index in [0.717, 1.165) is 38.8 Å². The van der Waals surface area contributed by atoms with Crippen LogP contribution in [0.4, 0.5) is 10.5 Å². The van der Waals surface area contributed by atoms with Gasteiger partial charge in [-0.2, -0.15) is 0 Å². The average Bonchev–Trinajstić information content (AvgIpc) is 3.15. The Hall–Kier alpha value is -2.01. The molecular weight excluding hydrogens is 316 g/mol. The molecule has 1 aliphatic heterocycles. The summed E-state index contributed by atoms with van der Waals surface area (Å²) in [4.78, 5) is 14.8. The molecule has 1 saturated heterocycles. The van der Waals surface area contributed by atoms with Crippen molar-refractivity contribution in [3.63, 3.8) is 0 Å². The van der Waals surface area contributed by atoms with Crippen molar-refractivity contribution >= 4 is 11.7 Å². The molecule has 1 fully saturated rings.